The lowest BCUT2D eigenvalue weighted by atomic mass is 9.96. The van der Waals surface area contributed by atoms with Gasteiger partial charge in [0.1, 0.15) is 18.1 Å². The molecular formula is C37H49N5O4. The van der Waals surface area contributed by atoms with Gasteiger partial charge in [0.25, 0.3) is 0 Å². The smallest absolute Gasteiger partial charge is 0.243 e. The van der Waals surface area contributed by atoms with Crippen molar-refractivity contribution in [1.82, 2.24) is 21.3 Å². The Balaban J connectivity index is 1.49. The molecule has 0 fully saturated rings. The molecule has 0 spiro atoms. The lowest BCUT2D eigenvalue weighted by Gasteiger charge is -2.29. The first-order valence-electron chi connectivity index (χ1n) is 16.7. The van der Waals surface area contributed by atoms with Crippen LogP contribution in [0.25, 0.3) is 10.8 Å². The van der Waals surface area contributed by atoms with Crippen LogP contribution in [0, 0.1) is 5.92 Å². The standard InChI is InChI=1S/C37H49N5O4/c1-4-24(3)34(42-36(45)32(39-33(43)5-2)23-25-17-18-26-12-6-7-14-28(26)22-25)37(46)41-31(16-10-11-21-38)35(44)40-30-20-19-27-13-8-9-15-29(27)30/h6-9,12-15,17-18,22,24,30-32,34H,4-5,10-11,16,19-21,23,38H2,1-3H3,(H,39,43)(H,40,44)(H,41,46)(H,42,45)/t24-,30-,31-,32-,34-/m0/s1. The quantitative estimate of drug-likeness (QED) is 0.151. The maximum Gasteiger partial charge on any atom is 0.243 e. The second kappa shape index (κ2) is 16.9. The Morgan fingerprint density at radius 3 is 2.30 bits per heavy atom. The number of aryl methyl sites for hydroxylation is 1. The molecule has 0 bridgehead atoms. The van der Waals surface area contributed by atoms with Crippen molar-refractivity contribution in [3.8, 4) is 0 Å². The van der Waals surface area contributed by atoms with Gasteiger partial charge in [0.2, 0.25) is 23.6 Å². The average Bonchev–Trinajstić information content (AvgIpc) is 3.48. The van der Waals surface area contributed by atoms with Crippen molar-refractivity contribution in [3.63, 3.8) is 0 Å². The first kappa shape index (κ1) is 34.6. The van der Waals surface area contributed by atoms with Crippen molar-refractivity contribution in [3.05, 3.63) is 83.4 Å². The van der Waals surface area contributed by atoms with E-state index >= 15 is 0 Å². The fraction of sp³-hybridized carbons (Fsp3) is 0.459. The fourth-order valence-corrected chi connectivity index (χ4v) is 6.07. The number of amides is 4. The molecule has 0 aliphatic heterocycles. The van der Waals surface area contributed by atoms with E-state index in [1.807, 2.05) is 74.5 Å². The summed E-state index contributed by atoms with van der Waals surface area (Å²) in [5.74, 6) is -1.58. The van der Waals surface area contributed by atoms with Gasteiger partial charge in [-0.3, -0.25) is 19.2 Å². The van der Waals surface area contributed by atoms with Crippen LogP contribution >= 0.6 is 0 Å². The van der Waals surface area contributed by atoms with Gasteiger partial charge in [0, 0.05) is 12.8 Å². The molecule has 9 heteroatoms. The van der Waals surface area contributed by atoms with Crippen molar-refractivity contribution in [2.75, 3.05) is 6.54 Å². The zero-order valence-corrected chi connectivity index (χ0v) is 27.3. The minimum Gasteiger partial charge on any atom is -0.347 e. The average molecular weight is 628 g/mol. The summed E-state index contributed by atoms with van der Waals surface area (Å²) >= 11 is 0. The number of nitrogens with two attached hydrogens (primary N) is 1. The van der Waals surface area contributed by atoms with Gasteiger partial charge in [-0.05, 0) is 72.0 Å². The van der Waals surface area contributed by atoms with Crippen LogP contribution in [-0.2, 0) is 32.0 Å². The van der Waals surface area contributed by atoms with E-state index in [4.69, 9.17) is 5.73 Å². The molecule has 0 radical (unpaired) electrons. The number of hydrogen-bond acceptors (Lipinski definition) is 5. The van der Waals surface area contributed by atoms with Gasteiger partial charge < -0.3 is 27.0 Å². The molecule has 0 aromatic heterocycles. The maximum atomic E-state index is 13.9. The highest BCUT2D eigenvalue weighted by Crippen LogP contribution is 2.30. The fourth-order valence-electron chi connectivity index (χ4n) is 6.07. The number of carbonyl (C=O) groups is 4. The second-order valence-electron chi connectivity index (χ2n) is 12.4. The van der Waals surface area contributed by atoms with Crippen molar-refractivity contribution >= 4 is 34.4 Å². The largest absolute Gasteiger partial charge is 0.347 e. The van der Waals surface area contributed by atoms with E-state index in [1.165, 1.54) is 5.56 Å². The molecule has 0 saturated carbocycles. The topological polar surface area (TPSA) is 142 Å². The van der Waals surface area contributed by atoms with E-state index < -0.39 is 29.9 Å². The van der Waals surface area contributed by atoms with Crippen LogP contribution in [0.15, 0.2) is 66.7 Å². The summed E-state index contributed by atoms with van der Waals surface area (Å²) in [6.45, 7) is 6.07. The number of unbranched alkanes of at least 4 members (excludes halogenated alkanes) is 1. The van der Waals surface area contributed by atoms with Crippen molar-refractivity contribution in [2.45, 2.75) is 96.3 Å². The molecule has 0 saturated heterocycles. The predicted molar refractivity (Wildman–Crippen MR) is 182 cm³/mol. The maximum absolute atomic E-state index is 13.9. The minimum atomic E-state index is -0.896. The Morgan fingerprint density at radius 2 is 1.57 bits per heavy atom. The summed E-state index contributed by atoms with van der Waals surface area (Å²) in [5, 5.41) is 14.0. The Hall–Kier alpha value is -4.24. The zero-order valence-electron chi connectivity index (χ0n) is 27.3. The SMILES string of the molecule is CCC(=O)N[C@@H](Cc1ccc2ccccc2c1)C(=O)N[C@H](C(=O)N[C@@H](CCCCN)C(=O)N[C@H]1CCc2ccccc21)[C@@H](C)CC. The Bertz CT molecular complexity index is 1510. The lowest BCUT2D eigenvalue weighted by Crippen LogP contribution is -2.58. The molecule has 4 amide bonds. The van der Waals surface area contributed by atoms with Gasteiger partial charge in [-0.1, -0.05) is 93.9 Å². The van der Waals surface area contributed by atoms with Gasteiger partial charge in [-0.15, -0.1) is 0 Å². The second-order valence-corrected chi connectivity index (χ2v) is 12.4. The Labute approximate surface area is 272 Å². The molecular weight excluding hydrogens is 578 g/mol. The monoisotopic (exact) mass is 627 g/mol. The molecule has 9 nitrogen and oxygen atoms in total. The summed E-state index contributed by atoms with van der Waals surface area (Å²) in [6.07, 6.45) is 4.65. The first-order valence-corrected chi connectivity index (χ1v) is 16.7. The molecule has 3 aromatic rings. The van der Waals surface area contributed by atoms with Crippen LogP contribution in [0.2, 0.25) is 0 Å². The van der Waals surface area contributed by atoms with E-state index in [1.54, 1.807) is 6.92 Å². The third-order valence-corrected chi connectivity index (χ3v) is 9.05. The van der Waals surface area contributed by atoms with E-state index in [0.29, 0.717) is 25.8 Å². The highest BCUT2D eigenvalue weighted by molar-refractivity contribution is 5.94. The molecule has 4 rings (SSSR count). The molecule has 1 aliphatic rings. The van der Waals surface area contributed by atoms with Crippen molar-refractivity contribution in [1.29, 1.82) is 0 Å². The van der Waals surface area contributed by atoms with E-state index in [9.17, 15) is 19.2 Å². The summed E-state index contributed by atoms with van der Waals surface area (Å²) < 4.78 is 0. The predicted octanol–water partition coefficient (Wildman–Crippen LogP) is 4.23. The number of benzene rings is 3. The summed E-state index contributed by atoms with van der Waals surface area (Å²) in [5.41, 5.74) is 8.96. The molecule has 0 unspecified atom stereocenters. The van der Waals surface area contributed by atoms with E-state index in [-0.39, 0.29) is 36.6 Å². The molecule has 6 N–H and O–H groups in total. The molecule has 46 heavy (non-hydrogen) atoms. The number of fused-ring (bicyclic) bond motifs is 2. The van der Waals surface area contributed by atoms with Crippen molar-refractivity contribution < 1.29 is 19.2 Å². The molecule has 3 aromatic carbocycles. The highest BCUT2D eigenvalue weighted by Gasteiger charge is 2.33. The van der Waals surface area contributed by atoms with Crippen molar-refractivity contribution in [2.24, 2.45) is 11.7 Å². The van der Waals surface area contributed by atoms with Gasteiger partial charge >= 0.3 is 0 Å². The van der Waals surface area contributed by atoms with Gasteiger partial charge in [0.15, 0.2) is 0 Å². The summed E-state index contributed by atoms with van der Waals surface area (Å²) in [7, 11) is 0. The van der Waals surface area contributed by atoms with Gasteiger partial charge in [-0.25, -0.2) is 0 Å². The Kier molecular flexibility index (Phi) is 12.7. The number of carbonyl (C=O) groups excluding carboxylic acids is 4. The molecule has 246 valence electrons. The number of rotatable bonds is 16. The van der Waals surface area contributed by atoms with E-state index in [2.05, 4.69) is 27.3 Å². The number of hydrogen-bond donors (Lipinski definition) is 5. The van der Waals surface area contributed by atoms with Crippen LogP contribution in [0.1, 0.15) is 82.0 Å². The molecule has 0 heterocycles. The lowest BCUT2D eigenvalue weighted by molar-refractivity contribution is -0.134. The summed E-state index contributed by atoms with van der Waals surface area (Å²) in [6, 6.07) is 19.4. The molecule has 5 atom stereocenters. The number of nitrogens with one attached hydrogen (secondary N) is 4. The minimum absolute atomic E-state index is 0.110. The Morgan fingerprint density at radius 1 is 0.826 bits per heavy atom. The summed E-state index contributed by atoms with van der Waals surface area (Å²) in [4.78, 5) is 53.7. The highest BCUT2D eigenvalue weighted by atomic mass is 16.2. The molecule has 1 aliphatic carbocycles. The van der Waals surface area contributed by atoms with Crippen LogP contribution in [0.5, 0.6) is 0 Å². The van der Waals surface area contributed by atoms with Crippen LogP contribution in [0.3, 0.4) is 0 Å². The van der Waals surface area contributed by atoms with Crippen LogP contribution in [0.4, 0.5) is 0 Å². The third-order valence-electron chi connectivity index (χ3n) is 9.05. The van der Waals surface area contributed by atoms with E-state index in [0.717, 1.165) is 41.2 Å². The van der Waals surface area contributed by atoms with Gasteiger partial charge in [-0.2, -0.15) is 0 Å². The zero-order chi connectivity index (χ0) is 33.1. The third kappa shape index (κ3) is 9.16. The normalized spacial score (nSPS) is 16.5. The first-order chi connectivity index (χ1) is 22.2. The van der Waals surface area contributed by atoms with Gasteiger partial charge in [0.05, 0.1) is 6.04 Å². The van der Waals surface area contributed by atoms with Crippen LogP contribution in [-0.4, -0.2) is 48.3 Å². The van der Waals surface area contributed by atoms with Crippen LogP contribution < -0.4 is 27.0 Å².